The molecule has 21 heavy (non-hydrogen) atoms. The second-order valence-electron chi connectivity index (χ2n) is 4.83. The van der Waals surface area contributed by atoms with E-state index in [0.29, 0.717) is 11.2 Å². The van der Waals surface area contributed by atoms with Crippen LogP contribution in [-0.2, 0) is 7.05 Å². The summed E-state index contributed by atoms with van der Waals surface area (Å²) in [5.74, 6) is 0. The van der Waals surface area contributed by atoms with E-state index in [9.17, 15) is 4.79 Å². The topological polar surface area (TPSA) is 62.7 Å². The Labute approximate surface area is 136 Å². The first-order valence-electron chi connectivity index (χ1n) is 6.85. The molecular formula is C14H19BrN4OS. The summed E-state index contributed by atoms with van der Waals surface area (Å²) in [4.78, 5) is 12.4. The lowest BCUT2D eigenvalue weighted by atomic mass is 10.1. The average molecular weight is 371 g/mol. The Morgan fingerprint density at radius 1 is 1.52 bits per heavy atom. The maximum absolute atomic E-state index is 11.4. The van der Waals surface area contributed by atoms with Crippen LogP contribution in [0.2, 0.25) is 0 Å². The largest absolute Gasteiger partial charge is 0.343 e. The summed E-state index contributed by atoms with van der Waals surface area (Å²) >= 11 is 5.08. The molecule has 0 spiro atoms. The minimum atomic E-state index is -0.203. The van der Waals surface area contributed by atoms with Gasteiger partial charge in [0.15, 0.2) is 5.16 Å². The number of halogens is 1. The SMILES string of the molecule is CCCNC(C)c1ccc(Sc2n[nH]c(=O)n2C)cc1Br. The molecule has 114 valence electrons. The van der Waals surface area contributed by atoms with Crippen LogP contribution >= 0.6 is 27.7 Å². The molecule has 1 aromatic carbocycles. The van der Waals surface area contributed by atoms with Crippen LogP contribution in [0, 0.1) is 0 Å². The molecule has 0 amide bonds. The third-order valence-electron chi connectivity index (χ3n) is 3.19. The fraction of sp³-hybridized carbons (Fsp3) is 0.429. The van der Waals surface area contributed by atoms with E-state index < -0.39 is 0 Å². The zero-order chi connectivity index (χ0) is 15.4. The number of nitrogens with zero attached hydrogens (tertiary/aromatic N) is 2. The lowest BCUT2D eigenvalue weighted by Gasteiger charge is -2.16. The Hall–Kier alpha value is -1.05. The number of benzene rings is 1. The van der Waals surface area contributed by atoms with Crippen LogP contribution < -0.4 is 11.0 Å². The van der Waals surface area contributed by atoms with Gasteiger partial charge in [0, 0.05) is 22.5 Å². The lowest BCUT2D eigenvalue weighted by Crippen LogP contribution is -2.19. The summed E-state index contributed by atoms with van der Waals surface area (Å²) in [5.41, 5.74) is 1.02. The number of nitrogens with one attached hydrogen (secondary N) is 2. The summed E-state index contributed by atoms with van der Waals surface area (Å²) in [5, 5.41) is 10.6. The normalized spacial score (nSPS) is 12.6. The van der Waals surface area contributed by atoms with Gasteiger partial charge in [0.05, 0.1) is 0 Å². The van der Waals surface area contributed by atoms with Crippen LogP contribution in [0.1, 0.15) is 31.9 Å². The second kappa shape index (κ2) is 7.29. The molecule has 0 saturated heterocycles. The molecule has 5 nitrogen and oxygen atoms in total. The number of H-pyrrole nitrogens is 1. The van der Waals surface area contributed by atoms with Gasteiger partial charge in [-0.2, -0.15) is 0 Å². The van der Waals surface area contributed by atoms with Crippen molar-refractivity contribution in [2.75, 3.05) is 6.54 Å². The van der Waals surface area contributed by atoms with Crippen molar-refractivity contribution in [3.05, 3.63) is 38.7 Å². The fourth-order valence-corrected chi connectivity index (χ4v) is 3.63. The summed E-state index contributed by atoms with van der Waals surface area (Å²) in [6.07, 6.45) is 1.11. The molecule has 1 unspecified atom stereocenters. The van der Waals surface area contributed by atoms with Gasteiger partial charge in [0.2, 0.25) is 0 Å². The number of rotatable bonds is 6. The third-order valence-corrected chi connectivity index (χ3v) is 4.91. The molecule has 1 atom stereocenters. The standard InChI is InChI=1S/C14H19BrN4OS/c1-4-7-16-9(2)11-6-5-10(8-12(11)15)21-14-18-17-13(20)19(14)3/h5-6,8-9,16H,4,7H2,1-3H3,(H,17,20). The van der Waals surface area contributed by atoms with Crippen molar-refractivity contribution in [2.45, 2.75) is 36.4 Å². The number of aromatic amines is 1. The van der Waals surface area contributed by atoms with E-state index in [0.717, 1.165) is 22.3 Å². The van der Waals surface area contributed by atoms with Crippen LogP contribution in [0.3, 0.4) is 0 Å². The first-order valence-corrected chi connectivity index (χ1v) is 8.46. The van der Waals surface area contributed by atoms with E-state index in [1.54, 1.807) is 7.05 Å². The highest BCUT2D eigenvalue weighted by Crippen LogP contribution is 2.31. The van der Waals surface area contributed by atoms with Crippen molar-refractivity contribution < 1.29 is 0 Å². The van der Waals surface area contributed by atoms with Crippen LogP contribution in [0.5, 0.6) is 0 Å². The van der Waals surface area contributed by atoms with E-state index in [1.807, 2.05) is 6.07 Å². The van der Waals surface area contributed by atoms with E-state index in [4.69, 9.17) is 0 Å². The highest BCUT2D eigenvalue weighted by Gasteiger charge is 2.11. The van der Waals surface area contributed by atoms with Crippen molar-refractivity contribution in [1.29, 1.82) is 0 Å². The second-order valence-corrected chi connectivity index (χ2v) is 6.73. The summed E-state index contributed by atoms with van der Waals surface area (Å²) in [6.45, 7) is 5.31. The van der Waals surface area contributed by atoms with Crippen molar-refractivity contribution in [3.63, 3.8) is 0 Å². The van der Waals surface area contributed by atoms with Crippen molar-refractivity contribution in [2.24, 2.45) is 7.05 Å². The molecule has 1 heterocycles. The van der Waals surface area contributed by atoms with E-state index >= 15 is 0 Å². The molecule has 0 fully saturated rings. The highest BCUT2D eigenvalue weighted by atomic mass is 79.9. The van der Waals surface area contributed by atoms with Crippen molar-refractivity contribution in [3.8, 4) is 0 Å². The molecule has 1 aromatic heterocycles. The van der Waals surface area contributed by atoms with Gasteiger partial charge < -0.3 is 5.32 Å². The van der Waals surface area contributed by atoms with Gasteiger partial charge in [-0.05, 0) is 49.3 Å². The minimum absolute atomic E-state index is 0.203. The monoisotopic (exact) mass is 370 g/mol. The molecule has 7 heteroatoms. The number of hydrogen-bond acceptors (Lipinski definition) is 4. The molecule has 0 saturated carbocycles. The Morgan fingerprint density at radius 2 is 2.29 bits per heavy atom. The van der Waals surface area contributed by atoms with Gasteiger partial charge in [-0.1, -0.05) is 28.9 Å². The van der Waals surface area contributed by atoms with Crippen LogP contribution in [0.15, 0.2) is 37.5 Å². The summed E-state index contributed by atoms with van der Waals surface area (Å²) < 4.78 is 2.56. The average Bonchev–Trinajstić information content (AvgIpc) is 2.77. The smallest absolute Gasteiger partial charge is 0.310 e. The van der Waals surface area contributed by atoms with Gasteiger partial charge in [-0.3, -0.25) is 4.57 Å². The Morgan fingerprint density at radius 3 is 2.86 bits per heavy atom. The first kappa shape index (κ1) is 16.3. The van der Waals surface area contributed by atoms with E-state index in [-0.39, 0.29) is 5.69 Å². The Balaban J connectivity index is 2.15. The predicted molar refractivity (Wildman–Crippen MR) is 88.8 cm³/mol. The van der Waals surface area contributed by atoms with Gasteiger partial charge in [-0.15, -0.1) is 5.10 Å². The predicted octanol–water partition coefficient (Wildman–Crippen LogP) is 3.08. The summed E-state index contributed by atoms with van der Waals surface area (Å²) in [6, 6.07) is 6.51. The number of hydrogen-bond donors (Lipinski definition) is 2. The molecule has 0 aliphatic carbocycles. The zero-order valence-corrected chi connectivity index (χ0v) is 14.7. The lowest BCUT2D eigenvalue weighted by molar-refractivity contribution is 0.568. The molecule has 2 aromatic rings. The van der Waals surface area contributed by atoms with Crippen molar-refractivity contribution in [1.82, 2.24) is 20.1 Å². The molecule has 2 N–H and O–H groups in total. The quantitative estimate of drug-likeness (QED) is 0.819. The fourth-order valence-electron chi connectivity index (χ4n) is 1.92. The third kappa shape index (κ3) is 3.99. The van der Waals surface area contributed by atoms with E-state index in [1.165, 1.54) is 21.9 Å². The highest BCUT2D eigenvalue weighted by molar-refractivity contribution is 9.10. The van der Waals surface area contributed by atoms with Crippen LogP contribution in [0.4, 0.5) is 0 Å². The van der Waals surface area contributed by atoms with E-state index in [2.05, 4.69) is 57.4 Å². The molecule has 0 bridgehead atoms. The molecular weight excluding hydrogens is 352 g/mol. The molecule has 0 aliphatic heterocycles. The molecule has 2 rings (SSSR count). The molecule has 0 aliphatic rings. The molecule has 0 radical (unpaired) electrons. The zero-order valence-electron chi connectivity index (χ0n) is 12.3. The van der Waals surface area contributed by atoms with Crippen molar-refractivity contribution >= 4 is 27.7 Å². The van der Waals surface area contributed by atoms with Crippen LogP contribution in [-0.4, -0.2) is 21.3 Å². The first-order chi connectivity index (χ1) is 10.0. The van der Waals surface area contributed by atoms with Gasteiger partial charge >= 0.3 is 5.69 Å². The van der Waals surface area contributed by atoms with Gasteiger partial charge in [0.25, 0.3) is 0 Å². The summed E-state index contributed by atoms with van der Waals surface area (Å²) in [7, 11) is 1.70. The number of aromatic nitrogens is 3. The maximum atomic E-state index is 11.4. The minimum Gasteiger partial charge on any atom is -0.310 e. The van der Waals surface area contributed by atoms with Gasteiger partial charge in [0.1, 0.15) is 0 Å². The maximum Gasteiger partial charge on any atom is 0.343 e. The van der Waals surface area contributed by atoms with Crippen LogP contribution in [0.25, 0.3) is 0 Å². The Bertz CT molecular complexity index is 667. The van der Waals surface area contributed by atoms with Gasteiger partial charge in [-0.25, -0.2) is 9.89 Å². The Kier molecular flexibility index (Phi) is 5.66.